The molecule has 7 heteroatoms. The standard InChI is InChI=1S/C13H16BrNO4S/c1-8(2)6-15-12(16)7-20(19)9-3-4-11(14)10(5-9)13(17)18/h3-5,8H,6-7H2,1-2H3,(H,15,16)(H,17,18). The number of carboxylic acid groups (broad SMARTS) is 1. The Bertz CT molecular complexity index is 545. The lowest BCUT2D eigenvalue weighted by atomic mass is 10.2. The van der Waals surface area contributed by atoms with E-state index in [0.717, 1.165) is 0 Å². The zero-order chi connectivity index (χ0) is 15.3. The average molecular weight is 362 g/mol. The van der Waals surface area contributed by atoms with Crippen LogP contribution in [0.25, 0.3) is 0 Å². The van der Waals surface area contributed by atoms with Gasteiger partial charge in [-0.15, -0.1) is 0 Å². The molecule has 1 amide bonds. The molecule has 0 aromatic heterocycles. The predicted molar refractivity (Wildman–Crippen MR) is 80.2 cm³/mol. The number of benzene rings is 1. The lowest BCUT2D eigenvalue weighted by Crippen LogP contribution is -2.31. The van der Waals surface area contributed by atoms with Crippen molar-refractivity contribution in [3.63, 3.8) is 0 Å². The van der Waals surface area contributed by atoms with Crippen LogP contribution in [-0.4, -0.2) is 33.5 Å². The number of carbonyl (C=O) groups excluding carboxylic acids is 1. The van der Waals surface area contributed by atoms with E-state index < -0.39 is 16.8 Å². The quantitative estimate of drug-likeness (QED) is 0.811. The second kappa shape index (κ2) is 7.54. The van der Waals surface area contributed by atoms with Gasteiger partial charge in [-0.25, -0.2) is 4.79 Å². The highest BCUT2D eigenvalue weighted by molar-refractivity contribution is 9.10. The van der Waals surface area contributed by atoms with Crippen molar-refractivity contribution in [2.75, 3.05) is 12.3 Å². The summed E-state index contributed by atoms with van der Waals surface area (Å²) in [5.74, 6) is -1.27. The van der Waals surface area contributed by atoms with Gasteiger partial charge in [0.1, 0.15) is 5.75 Å². The van der Waals surface area contributed by atoms with Crippen LogP contribution in [0.4, 0.5) is 0 Å². The number of rotatable bonds is 6. The molecule has 110 valence electrons. The smallest absolute Gasteiger partial charge is 0.336 e. The molecule has 1 aromatic carbocycles. The van der Waals surface area contributed by atoms with Crippen molar-refractivity contribution in [2.24, 2.45) is 5.92 Å². The van der Waals surface area contributed by atoms with Gasteiger partial charge in [-0.05, 0) is 40.0 Å². The molecule has 0 saturated carbocycles. The molecule has 0 bridgehead atoms. The summed E-state index contributed by atoms with van der Waals surface area (Å²) in [7, 11) is -1.56. The van der Waals surface area contributed by atoms with Gasteiger partial charge in [0.25, 0.3) is 0 Å². The third-order valence-corrected chi connectivity index (χ3v) is 4.40. The topological polar surface area (TPSA) is 83.5 Å². The molecule has 0 radical (unpaired) electrons. The van der Waals surface area contributed by atoms with Crippen LogP contribution in [0.1, 0.15) is 24.2 Å². The van der Waals surface area contributed by atoms with Gasteiger partial charge in [-0.3, -0.25) is 9.00 Å². The highest BCUT2D eigenvalue weighted by Crippen LogP contribution is 2.20. The van der Waals surface area contributed by atoms with Crippen LogP contribution < -0.4 is 5.32 Å². The first-order valence-electron chi connectivity index (χ1n) is 5.99. The van der Waals surface area contributed by atoms with Crippen LogP contribution in [0.3, 0.4) is 0 Å². The van der Waals surface area contributed by atoms with Gasteiger partial charge >= 0.3 is 5.97 Å². The molecule has 0 fully saturated rings. The number of amides is 1. The minimum Gasteiger partial charge on any atom is -0.478 e. The highest BCUT2D eigenvalue weighted by Gasteiger charge is 2.14. The van der Waals surface area contributed by atoms with Crippen molar-refractivity contribution in [3.05, 3.63) is 28.2 Å². The second-order valence-electron chi connectivity index (χ2n) is 4.63. The Kier molecular flexibility index (Phi) is 6.35. The number of carbonyl (C=O) groups is 2. The monoisotopic (exact) mass is 361 g/mol. The third kappa shape index (κ3) is 5.05. The second-order valence-corrected chi connectivity index (χ2v) is 6.94. The van der Waals surface area contributed by atoms with Gasteiger partial charge in [-0.1, -0.05) is 13.8 Å². The van der Waals surface area contributed by atoms with E-state index >= 15 is 0 Å². The average Bonchev–Trinajstić information content (AvgIpc) is 2.36. The van der Waals surface area contributed by atoms with Gasteiger partial charge in [0.2, 0.25) is 5.91 Å². The van der Waals surface area contributed by atoms with Crippen LogP contribution >= 0.6 is 15.9 Å². The van der Waals surface area contributed by atoms with Crippen molar-refractivity contribution in [3.8, 4) is 0 Å². The Morgan fingerprint density at radius 3 is 2.60 bits per heavy atom. The molecule has 2 N–H and O–H groups in total. The van der Waals surface area contributed by atoms with Crippen molar-refractivity contribution in [1.29, 1.82) is 0 Å². The summed E-state index contributed by atoms with van der Waals surface area (Å²) in [4.78, 5) is 22.9. The fraction of sp³-hybridized carbons (Fsp3) is 0.385. The number of aromatic carboxylic acids is 1. The van der Waals surface area contributed by atoms with E-state index in [2.05, 4.69) is 21.2 Å². The molecule has 0 saturated heterocycles. The summed E-state index contributed by atoms with van der Waals surface area (Å²) < 4.78 is 12.4. The summed E-state index contributed by atoms with van der Waals surface area (Å²) in [6.07, 6.45) is 0. The summed E-state index contributed by atoms with van der Waals surface area (Å²) in [6, 6.07) is 4.38. The zero-order valence-corrected chi connectivity index (χ0v) is 13.6. The minimum atomic E-state index is -1.56. The Balaban J connectivity index is 2.75. The maximum Gasteiger partial charge on any atom is 0.336 e. The van der Waals surface area contributed by atoms with Gasteiger partial charge in [0.05, 0.1) is 16.4 Å². The summed E-state index contributed by atoms with van der Waals surface area (Å²) in [5.41, 5.74) is 0.0263. The van der Waals surface area contributed by atoms with E-state index in [1.165, 1.54) is 12.1 Å². The van der Waals surface area contributed by atoms with Gasteiger partial charge < -0.3 is 10.4 Å². The molecule has 0 heterocycles. The lowest BCUT2D eigenvalue weighted by molar-refractivity contribution is -0.118. The first kappa shape index (κ1) is 16.8. The molecule has 20 heavy (non-hydrogen) atoms. The predicted octanol–water partition coefficient (Wildman–Crippen LogP) is 2.03. The molecule has 0 aliphatic rings. The Hall–Kier alpha value is -1.21. The molecule has 1 rings (SSSR count). The highest BCUT2D eigenvalue weighted by atomic mass is 79.9. The summed E-state index contributed by atoms with van der Waals surface area (Å²) >= 11 is 3.11. The number of hydrogen-bond donors (Lipinski definition) is 2. The van der Waals surface area contributed by atoms with E-state index in [1.807, 2.05) is 13.8 Å². The summed E-state index contributed by atoms with van der Waals surface area (Å²) in [6.45, 7) is 4.45. The van der Waals surface area contributed by atoms with E-state index in [0.29, 0.717) is 21.8 Å². The van der Waals surface area contributed by atoms with E-state index in [-0.39, 0.29) is 17.2 Å². The van der Waals surface area contributed by atoms with E-state index in [1.54, 1.807) is 6.07 Å². The normalized spacial score (nSPS) is 12.2. The fourth-order valence-electron chi connectivity index (χ4n) is 1.38. The first-order valence-corrected chi connectivity index (χ1v) is 8.10. The van der Waals surface area contributed by atoms with Crippen molar-refractivity contribution >= 4 is 38.6 Å². The van der Waals surface area contributed by atoms with Crippen LogP contribution in [0.15, 0.2) is 27.6 Å². The molecular weight excluding hydrogens is 346 g/mol. The zero-order valence-electron chi connectivity index (χ0n) is 11.2. The van der Waals surface area contributed by atoms with Crippen LogP contribution in [-0.2, 0) is 15.6 Å². The van der Waals surface area contributed by atoms with Gasteiger partial charge in [0.15, 0.2) is 0 Å². The molecule has 0 aliphatic heterocycles. The van der Waals surface area contributed by atoms with Gasteiger partial charge in [0, 0.05) is 15.9 Å². The fourth-order valence-corrected chi connectivity index (χ4v) is 2.77. The molecule has 5 nitrogen and oxygen atoms in total. The number of halogens is 1. The van der Waals surface area contributed by atoms with Crippen molar-refractivity contribution < 1.29 is 18.9 Å². The van der Waals surface area contributed by atoms with Crippen molar-refractivity contribution in [1.82, 2.24) is 5.32 Å². The Morgan fingerprint density at radius 1 is 1.40 bits per heavy atom. The maximum absolute atomic E-state index is 12.0. The van der Waals surface area contributed by atoms with Crippen LogP contribution in [0, 0.1) is 5.92 Å². The number of nitrogens with one attached hydrogen (secondary N) is 1. The SMILES string of the molecule is CC(C)CNC(=O)CS(=O)c1ccc(Br)c(C(=O)O)c1. The van der Waals surface area contributed by atoms with E-state index in [9.17, 15) is 13.8 Å². The molecular formula is C13H16BrNO4S. The first-order chi connectivity index (χ1) is 9.31. The molecule has 0 spiro atoms. The maximum atomic E-state index is 12.0. The number of carboxylic acids is 1. The molecule has 1 atom stereocenters. The minimum absolute atomic E-state index is 0.0263. The van der Waals surface area contributed by atoms with Crippen molar-refractivity contribution in [2.45, 2.75) is 18.7 Å². The largest absolute Gasteiger partial charge is 0.478 e. The molecule has 1 aromatic rings. The van der Waals surface area contributed by atoms with Crippen LogP contribution in [0.5, 0.6) is 0 Å². The summed E-state index contributed by atoms with van der Waals surface area (Å²) in [5, 5.41) is 11.7. The van der Waals surface area contributed by atoms with Crippen LogP contribution in [0.2, 0.25) is 0 Å². The third-order valence-electron chi connectivity index (χ3n) is 2.40. The Labute approximate surface area is 128 Å². The van der Waals surface area contributed by atoms with E-state index in [4.69, 9.17) is 5.11 Å². The number of hydrogen-bond acceptors (Lipinski definition) is 3. The van der Waals surface area contributed by atoms with Gasteiger partial charge in [-0.2, -0.15) is 0 Å². The molecule has 0 aliphatic carbocycles. The molecule has 1 unspecified atom stereocenters. The lowest BCUT2D eigenvalue weighted by Gasteiger charge is -2.08. The Morgan fingerprint density at radius 2 is 2.05 bits per heavy atom.